The van der Waals surface area contributed by atoms with Crippen molar-refractivity contribution in [1.82, 2.24) is 38.8 Å². The van der Waals surface area contributed by atoms with Crippen molar-refractivity contribution in [2.75, 3.05) is 32.6 Å². The SMILES string of the molecule is CN(C)CC1CCC(COc2cc(Nc3ccnc(-c4cnn(S(=O)(=O)C5CC5)c4)n3)ncc2C#Cc2cnn(C3CC3)c2)CC1. The molecule has 240 valence electrons. The van der Waals surface area contributed by atoms with E-state index in [9.17, 15) is 8.42 Å². The summed E-state index contributed by atoms with van der Waals surface area (Å²) in [4.78, 5) is 15.8. The first-order valence-electron chi connectivity index (χ1n) is 16.0. The Bertz CT molecular complexity index is 1860. The molecule has 0 saturated heterocycles. The van der Waals surface area contributed by atoms with Crippen molar-refractivity contribution in [3.63, 3.8) is 0 Å². The van der Waals surface area contributed by atoms with Gasteiger partial charge < -0.3 is 15.0 Å². The minimum atomic E-state index is -3.47. The van der Waals surface area contributed by atoms with Crippen LogP contribution in [0.3, 0.4) is 0 Å². The molecule has 4 aromatic heterocycles. The minimum absolute atomic E-state index is 0.358. The second kappa shape index (κ2) is 12.8. The average molecular weight is 642 g/mol. The van der Waals surface area contributed by atoms with Crippen LogP contribution in [0, 0.1) is 23.7 Å². The summed E-state index contributed by atoms with van der Waals surface area (Å²) in [6, 6.07) is 4.09. The summed E-state index contributed by atoms with van der Waals surface area (Å²) in [7, 11) is 0.811. The highest BCUT2D eigenvalue weighted by Crippen LogP contribution is 2.34. The van der Waals surface area contributed by atoms with Gasteiger partial charge in [0.05, 0.1) is 53.2 Å². The summed E-state index contributed by atoms with van der Waals surface area (Å²) in [5.41, 5.74) is 2.08. The van der Waals surface area contributed by atoms with Gasteiger partial charge >= 0.3 is 0 Å². The van der Waals surface area contributed by atoms with Crippen molar-refractivity contribution >= 4 is 21.7 Å². The molecule has 3 fully saturated rings. The van der Waals surface area contributed by atoms with E-state index in [2.05, 4.69) is 61.3 Å². The zero-order valence-corrected chi connectivity index (χ0v) is 27.0. The summed E-state index contributed by atoms with van der Waals surface area (Å²) in [5.74, 6) is 9.81. The monoisotopic (exact) mass is 641 g/mol. The number of anilines is 2. The van der Waals surface area contributed by atoms with Gasteiger partial charge in [0.1, 0.15) is 17.4 Å². The summed E-state index contributed by atoms with van der Waals surface area (Å²) in [6.07, 6.45) is 18.5. The first-order chi connectivity index (χ1) is 22.3. The summed E-state index contributed by atoms with van der Waals surface area (Å²) in [5, 5.41) is 11.4. The molecule has 12 nitrogen and oxygen atoms in total. The molecule has 3 saturated carbocycles. The zero-order valence-electron chi connectivity index (χ0n) is 26.2. The van der Waals surface area contributed by atoms with Crippen molar-refractivity contribution < 1.29 is 13.2 Å². The Morgan fingerprint density at radius 1 is 0.935 bits per heavy atom. The van der Waals surface area contributed by atoms with E-state index in [1.807, 2.05) is 16.9 Å². The van der Waals surface area contributed by atoms with Gasteiger partial charge in [-0.2, -0.15) is 14.3 Å². The Labute approximate surface area is 269 Å². The molecular formula is C33H39N9O3S. The Morgan fingerprint density at radius 3 is 2.50 bits per heavy atom. The molecule has 13 heteroatoms. The lowest BCUT2D eigenvalue weighted by atomic mass is 9.82. The summed E-state index contributed by atoms with van der Waals surface area (Å²) < 4.78 is 34.6. The predicted molar refractivity (Wildman–Crippen MR) is 174 cm³/mol. The lowest BCUT2D eigenvalue weighted by Crippen LogP contribution is -2.27. The number of rotatable bonds is 11. The van der Waals surface area contributed by atoms with E-state index < -0.39 is 10.0 Å². The van der Waals surface area contributed by atoms with Gasteiger partial charge in [-0.1, -0.05) is 11.8 Å². The Balaban J connectivity index is 1.08. The molecule has 0 atom stereocenters. The fraction of sp³-hybridized carbons (Fsp3) is 0.485. The third-order valence-corrected chi connectivity index (χ3v) is 10.8. The van der Waals surface area contributed by atoms with E-state index in [-0.39, 0.29) is 5.25 Å². The van der Waals surface area contributed by atoms with E-state index in [1.54, 1.807) is 24.7 Å². The quantitative estimate of drug-likeness (QED) is 0.234. The van der Waals surface area contributed by atoms with Crippen LogP contribution in [0.2, 0.25) is 0 Å². The molecule has 3 aliphatic carbocycles. The van der Waals surface area contributed by atoms with Gasteiger partial charge in [0.2, 0.25) is 0 Å². The molecule has 0 spiro atoms. The highest BCUT2D eigenvalue weighted by Gasteiger charge is 2.37. The van der Waals surface area contributed by atoms with Crippen LogP contribution in [-0.4, -0.2) is 79.7 Å². The molecule has 0 bridgehead atoms. The third-order valence-electron chi connectivity index (χ3n) is 8.73. The average Bonchev–Trinajstić information content (AvgIpc) is 3.98. The van der Waals surface area contributed by atoms with Gasteiger partial charge in [0.25, 0.3) is 10.0 Å². The van der Waals surface area contributed by atoms with E-state index in [0.717, 1.165) is 35.0 Å². The van der Waals surface area contributed by atoms with Crippen LogP contribution in [0.15, 0.2) is 49.3 Å². The zero-order chi connectivity index (χ0) is 31.7. The summed E-state index contributed by atoms with van der Waals surface area (Å²) >= 11 is 0. The van der Waals surface area contributed by atoms with Crippen LogP contribution in [0.4, 0.5) is 11.6 Å². The molecule has 7 rings (SSSR count). The van der Waals surface area contributed by atoms with Crippen LogP contribution in [0.25, 0.3) is 11.4 Å². The molecule has 4 aromatic rings. The lowest BCUT2D eigenvalue weighted by molar-refractivity contribution is 0.166. The maximum atomic E-state index is 12.6. The molecule has 3 aliphatic rings. The standard InChI is InChI=1S/C33H39N9O3S/c1-40(2)19-23-3-5-24(6-4-23)22-45-30-15-32(35-17-26(30)8-7-25-16-36-41(20-25)28-9-10-28)38-31-13-14-34-33(39-31)27-18-37-42(21-27)46(43,44)29-11-12-29/h13-18,20-21,23-24,28-29H,3-6,9-12,19,22H2,1-2H3,(H,34,35,38,39). The molecule has 4 heterocycles. The van der Waals surface area contributed by atoms with Crippen molar-refractivity contribution in [1.29, 1.82) is 0 Å². The van der Waals surface area contributed by atoms with Crippen molar-refractivity contribution in [2.45, 2.75) is 62.7 Å². The number of hydrogen-bond acceptors (Lipinski definition) is 10. The van der Waals surface area contributed by atoms with Gasteiger partial charge in [-0.05, 0) is 83.4 Å². The number of ether oxygens (including phenoxy) is 1. The van der Waals surface area contributed by atoms with Crippen molar-refractivity contribution in [3.8, 4) is 29.0 Å². The van der Waals surface area contributed by atoms with Gasteiger partial charge in [0, 0.05) is 31.2 Å². The number of aromatic nitrogens is 7. The lowest BCUT2D eigenvalue weighted by Gasteiger charge is -2.30. The van der Waals surface area contributed by atoms with Gasteiger partial charge in [0.15, 0.2) is 5.82 Å². The van der Waals surface area contributed by atoms with Crippen LogP contribution in [-0.2, 0) is 10.0 Å². The maximum Gasteiger partial charge on any atom is 0.256 e. The minimum Gasteiger partial charge on any atom is -0.492 e. The first kappa shape index (κ1) is 30.4. The smallest absolute Gasteiger partial charge is 0.256 e. The predicted octanol–water partition coefficient (Wildman–Crippen LogP) is 4.50. The molecule has 0 amide bonds. The maximum absolute atomic E-state index is 12.6. The Morgan fingerprint density at radius 2 is 1.74 bits per heavy atom. The molecule has 1 N–H and O–H groups in total. The number of nitrogens with one attached hydrogen (secondary N) is 1. The van der Waals surface area contributed by atoms with Gasteiger partial charge in [-0.3, -0.25) is 4.68 Å². The van der Waals surface area contributed by atoms with E-state index >= 15 is 0 Å². The number of hydrogen-bond donors (Lipinski definition) is 1. The first-order valence-corrected chi connectivity index (χ1v) is 17.5. The molecule has 0 unspecified atom stereocenters. The topological polar surface area (TPSA) is 133 Å². The molecular weight excluding hydrogens is 602 g/mol. The van der Waals surface area contributed by atoms with Crippen LogP contribution < -0.4 is 10.1 Å². The van der Waals surface area contributed by atoms with Crippen LogP contribution in [0.5, 0.6) is 5.75 Å². The molecule has 46 heavy (non-hydrogen) atoms. The molecule has 0 aliphatic heterocycles. The second-order valence-electron chi connectivity index (χ2n) is 13.0. The van der Waals surface area contributed by atoms with Gasteiger partial charge in [-0.25, -0.2) is 23.4 Å². The molecule has 0 aromatic carbocycles. The number of pyridine rings is 1. The summed E-state index contributed by atoms with van der Waals surface area (Å²) in [6.45, 7) is 1.76. The Kier molecular flexibility index (Phi) is 8.48. The third kappa shape index (κ3) is 7.24. The second-order valence-corrected chi connectivity index (χ2v) is 15.0. The highest BCUT2D eigenvalue weighted by atomic mass is 32.2. The highest BCUT2D eigenvalue weighted by molar-refractivity contribution is 7.90. The van der Waals surface area contributed by atoms with E-state index in [4.69, 9.17) is 4.74 Å². The van der Waals surface area contributed by atoms with Crippen molar-refractivity contribution in [3.05, 3.63) is 60.4 Å². The Hall–Kier alpha value is -4.28. The van der Waals surface area contributed by atoms with E-state index in [1.165, 1.54) is 38.1 Å². The normalized spacial score (nSPS) is 19.9. The largest absolute Gasteiger partial charge is 0.492 e. The molecule has 0 radical (unpaired) electrons. The fourth-order valence-corrected chi connectivity index (χ4v) is 7.36. The number of nitrogens with zero attached hydrogens (tertiary/aromatic N) is 8. The van der Waals surface area contributed by atoms with Gasteiger partial charge in [-0.15, -0.1) is 0 Å². The van der Waals surface area contributed by atoms with E-state index in [0.29, 0.717) is 65.7 Å². The van der Waals surface area contributed by atoms with Crippen LogP contribution >= 0.6 is 0 Å². The van der Waals surface area contributed by atoms with Crippen molar-refractivity contribution in [2.24, 2.45) is 11.8 Å². The van der Waals surface area contributed by atoms with Crippen LogP contribution in [0.1, 0.15) is 68.5 Å². The fourth-order valence-electron chi connectivity index (χ4n) is 5.88.